The second-order valence-corrected chi connectivity index (χ2v) is 7.81. The third-order valence-corrected chi connectivity index (χ3v) is 6.38. The molecule has 2 unspecified atom stereocenters. The summed E-state index contributed by atoms with van der Waals surface area (Å²) in [5.74, 6) is 2.14. The SMILES string of the molecule is C=C[C@H]1CN2CCC1C[C@H]2[C@H](OCCOC)c1ccnc2ccc(OC)cc12. The van der Waals surface area contributed by atoms with Crippen molar-refractivity contribution in [3.8, 4) is 5.75 Å². The number of fused-ring (bicyclic) bond motifs is 4. The van der Waals surface area contributed by atoms with Gasteiger partial charge in [0.25, 0.3) is 0 Å². The Hall–Kier alpha value is -1.95. The number of pyridine rings is 1. The fraction of sp³-hybridized carbons (Fsp3) is 0.522. The van der Waals surface area contributed by atoms with Crippen molar-refractivity contribution in [1.29, 1.82) is 0 Å². The van der Waals surface area contributed by atoms with Crippen molar-refractivity contribution in [1.82, 2.24) is 9.88 Å². The zero-order valence-corrected chi connectivity index (χ0v) is 16.8. The van der Waals surface area contributed by atoms with Gasteiger partial charge in [0.2, 0.25) is 0 Å². The fourth-order valence-electron chi connectivity index (χ4n) is 4.88. The van der Waals surface area contributed by atoms with E-state index in [2.05, 4.69) is 34.7 Å². The number of ether oxygens (including phenoxy) is 3. The minimum Gasteiger partial charge on any atom is -0.497 e. The first-order valence-electron chi connectivity index (χ1n) is 10.1. The molecule has 2 bridgehead atoms. The van der Waals surface area contributed by atoms with Gasteiger partial charge in [-0.3, -0.25) is 9.88 Å². The number of piperidine rings is 3. The molecule has 3 aliphatic heterocycles. The monoisotopic (exact) mass is 382 g/mol. The third kappa shape index (κ3) is 3.66. The maximum atomic E-state index is 6.45. The second kappa shape index (κ2) is 8.60. The Morgan fingerprint density at radius 1 is 1.29 bits per heavy atom. The highest BCUT2D eigenvalue weighted by Crippen LogP contribution is 2.43. The summed E-state index contributed by atoms with van der Waals surface area (Å²) in [5.41, 5.74) is 2.16. The summed E-state index contributed by atoms with van der Waals surface area (Å²) in [6, 6.07) is 8.52. The molecule has 4 heterocycles. The minimum atomic E-state index is -0.0127. The smallest absolute Gasteiger partial charge is 0.119 e. The van der Waals surface area contributed by atoms with Crippen molar-refractivity contribution in [3.63, 3.8) is 0 Å². The molecule has 1 aromatic carbocycles. The summed E-state index contributed by atoms with van der Waals surface area (Å²) in [6.07, 6.45) is 6.41. The molecule has 5 rings (SSSR count). The molecule has 0 saturated carbocycles. The van der Waals surface area contributed by atoms with Crippen molar-refractivity contribution < 1.29 is 14.2 Å². The molecule has 0 spiro atoms. The van der Waals surface area contributed by atoms with Gasteiger partial charge in [-0.05, 0) is 61.1 Å². The van der Waals surface area contributed by atoms with E-state index in [4.69, 9.17) is 14.2 Å². The number of methoxy groups -OCH3 is 2. The molecule has 1 aromatic heterocycles. The van der Waals surface area contributed by atoms with Crippen molar-refractivity contribution in [2.75, 3.05) is 40.5 Å². The Kier molecular flexibility index (Phi) is 5.95. The second-order valence-electron chi connectivity index (χ2n) is 7.81. The zero-order valence-electron chi connectivity index (χ0n) is 16.8. The number of nitrogens with zero attached hydrogens (tertiary/aromatic N) is 2. The van der Waals surface area contributed by atoms with E-state index < -0.39 is 0 Å². The van der Waals surface area contributed by atoms with Crippen molar-refractivity contribution in [2.24, 2.45) is 11.8 Å². The highest BCUT2D eigenvalue weighted by atomic mass is 16.5. The van der Waals surface area contributed by atoms with Crippen LogP contribution in [0.5, 0.6) is 5.75 Å². The molecule has 0 radical (unpaired) electrons. The lowest BCUT2D eigenvalue weighted by atomic mass is 9.73. The molecule has 0 amide bonds. The number of benzene rings is 1. The lowest BCUT2D eigenvalue weighted by Gasteiger charge is -2.51. The van der Waals surface area contributed by atoms with Gasteiger partial charge in [0.1, 0.15) is 5.75 Å². The van der Waals surface area contributed by atoms with Gasteiger partial charge in [-0.2, -0.15) is 0 Å². The summed E-state index contributed by atoms with van der Waals surface area (Å²) >= 11 is 0. The normalized spacial score (nSPS) is 27.6. The van der Waals surface area contributed by atoms with Crippen LogP contribution < -0.4 is 4.74 Å². The van der Waals surface area contributed by atoms with Crippen LogP contribution in [0.4, 0.5) is 0 Å². The Balaban J connectivity index is 1.71. The standard InChI is InChI=1S/C23H30N2O3/c1-4-16-15-25-10-8-17(16)13-22(25)23(28-12-11-26-2)19-7-9-24-21-6-5-18(27-3)14-20(19)21/h4-7,9,14,16-17,22-23H,1,8,10-13,15H2,2-3H3/t16-,17?,22-,23+/m0/s1. The van der Waals surface area contributed by atoms with Crippen LogP contribution in [0.2, 0.25) is 0 Å². The van der Waals surface area contributed by atoms with Gasteiger partial charge < -0.3 is 14.2 Å². The molecule has 0 N–H and O–H groups in total. The van der Waals surface area contributed by atoms with Crippen LogP contribution in [-0.4, -0.2) is 56.4 Å². The Bertz CT molecular complexity index is 825. The van der Waals surface area contributed by atoms with Gasteiger partial charge in [-0.25, -0.2) is 0 Å². The maximum absolute atomic E-state index is 6.45. The van der Waals surface area contributed by atoms with Gasteiger partial charge in [-0.1, -0.05) is 6.08 Å². The first kappa shape index (κ1) is 19.4. The maximum Gasteiger partial charge on any atom is 0.119 e. The zero-order chi connectivity index (χ0) is 19.5. The molecule has 28 heavy (non-hydrogen) atoms. The molecule has 3 fully saturated rings. The van der Waals surface area contributed by atoms with Gasteiger partial charge in [-0.15, -0.1) is 6.58 Å². The summed E-state index contributed by atoms with van der Waals surface area (Å²) in [6.45, 7) is 7.44. The molecular formula is C23H30N2O3. The van der Waals surface area contributed by atoms with Crippen LogP contribution in [0.3, 0.4) is 0 Å². The molecule has 5 atom stereocenters. The van der Waals surface area contributed by atoms with Crippen molar-refractivity contribution >= 4 is 10.9 Å². The van der Waals surface area contributed by atoms with E-state index >= 15 is 0 Å². The van der Waals surface area contributed by atoms with E-state index in [0.717, 1.165) is 36.2 Å². The average molecular weight is 383 g/mol. The van der Waals surface area contributed by atoms with Crippen molar-refractivity contribution in [3.05, 3.63) is 48.7 Å². The topological polar surface area (TPSA) is 43.8 Å². The molecule has 5 nitrogen and oxygen atoms in total. The molecular weight excluding hydrogens is 352 g/mol. The number of rotatable bonds is 8. The van der Waals surface area contributed by atoms with E-state index in [1.54, 1.807) is 14.2 Å². The molecule has 3 aliphatic rings. The lowest BCUT2D eigenvalue weighted by molar-refractivity contribution is -0.0824. The summed E-state index contributed by atoms with van der Waals surface area (Å²) in [5, 5.41) is 1.10. The molecule has 5 heteroatoms. The summed E-state index contributed by atoms with van der Waals surface area (Å²) in [7, 11) is 3.41. The minimum absolute atomic E-state index is 0.0127. The Morgan fingerprint density at radius 2 is 2.18 bits per heavy atom. The van der Waals surface area contributed by atoms with Gasteiger partial charge in [0.05, 0.1) is 31.9 Å². The predicted octanol–water partition coefficient (Wildman–Crippen LogP) is 3.84. The van der Waals surface area contributed by atoms with Crippen LogP contribution in [0.1, 0.15) is 24.5 Å². The van der Waals surface area contributed by atoms with E-state index in [-0.39, 0.29) is 6.10 Å². The molecule has 0 aliphatic carbocycles. The highest BCUT2D eigenvalue weighted by Gasteiger charge is 2.43. The van der Waals surface area contributed by atoms with Crippen molar-refractivity contribution in [2.45, 2.75) is 25.0 Å². The summed E-state index contributed by atoms with van der Waals surface area (Å²) < 4.78 is 17.2. The van der Waals surface area contributed by atoms with Crippen LogP contribution in [-0.2, 0) is 9.47 Å². The fourth-order valence-corrected chi connectivity index (χ4v) is 4.88. The van der Waals surface area contributed by atoms with E-state index in [9.17, 15) is 0 Å². The van der Waals surface area contributed by atoms with Crippen LogP contribution in [0, 0.1) is 11.8 Å². The number of hydrogen-bond donors (Lipinski definition) is 0. The number of aromatic nitrogens is 1. The average Bonchev–Trinajstić information content (AvgIpc) is 2.76. The molecule has 2 aromatic rings. The lowest BCUT2D eigenvalue weighted by Crippen LogP contribution is -2.55. The van der Waals surface area contributed by atoms with Gasteiger partial charge >= 0.3 is 0 Å². The Labute approximate surface area is 167 Å². The third-order valence-electron chi connectivity index (χ3n) is 6.38. The largest absolute Gasteiger partial charge is 0.497 e. The summed E-state index contributed by atoms with van der Waals surface area (Å²) in [4.78, 5) is 7.15. The first-order valence-corrected chi connectivity index (χ1v) is 10.1. The quantitative estimate of drug-likeness (QED) is 0.513. The predicted molar refractivity (Wildman–Crippen MR) is 111 cm³/mol. The van der Waals surface area contributed by atoms with E-state index in [0.29, 0.717) is 31.1 Å². The van der Waals surface area contributed by atoms with Crippen LogP contribution in [0.25, 0.3) is 10.9 Å². The van der Waals surface area contributed by atoms with Crippen LogP contribution >= 0.6 is 0 Å². The first-order chi connectivity index (χ1) is 13.7. The van der Waals surface area contributed by atoms with E-state index in [1.807, 2.05) is 18.3 Å². The van der Waals surface area contributed by atoms with Crippen LogP contribution in [0.15, 0.2) is 43.1 Å². The van der Waals surface area contributed by atoms with Gasteiger partial charge in [0.15, 0.2) is 0 Å². The Morgan fingerprint density at radius 3 is 2.89 bits per heavy atom. The van der Waals surface area contributed by atoms with Gasteiger partial charge in [0, 0.05) is 31.3 Å². The van der Waals surface area contributed by atoms with E-state index in [1.165, 1.54) is 12.0 Å². The highest BCUT2D eigenvalue weighted by molar-refractivity contribution is 5.84. The molecule has 150 valence electrons. The molecule has 3 saturated heterocycles. The number of hydrogen-bond acceptors (Lipinski definition) is 5.